The average molecular weight is 577 g/mol. The molecule has 212 valence electrons. The number of halogens is 3. The van der Waals surface area contributed by atoms with Gasteiger partial charge >= 0.3 is 15.6 Å². The summed E-state index contributed by atoms with van der Waals surface area (Å²) in [5, 5.41) is 3.65. The van der Waals surface area contributed by atoms with Crippen LogP contribution in [0.1, 0.15) is 69.5 Å². The smallest absolute Gasteiger partial charge is 0.378 e. The molecule has 1 aliphatic rings. The fraction of sp³-hybridized carbons (Fsp3) is 0.538. The number of unbranched alkanes of at least 4 members (excludes halogenated alkanes) is 2. The van der Waals surface area contributed by atoms with Crippen molar-refractivity contribution in [1.82, 2.24) is 5.32 Å². The fourth-order valence-electron chi connectivity index (χ4n) is 4.79. The van der Waals surface area contributed by atoms with Crippen molar-refractivity contribution in [2.75, 3.05) is 24.7 Å². The van der Waals surface area contributed by atoms with E-state index in [0.29, 0.717) is 24.0 Å². The van der Waals surface area contributed by atoms with Gasteiger partial charge in [0.15, 0.2) is 9.84 Å². The Morgan fingerprint density at radius 3 is 2.11 bits per heavy atom. The lowest BCUT2D eigenvalue weighted by atomic mass is 9.86. The second kappa shape index (κ2) is 11.4. The monoisotopic (exact) mass is 576 g/mol. The standard InChI is InChI=1S/C26H35F3N2O5S2/c1-5-7-15-25(16-8-6-2)18-37(32,33)23-14-11-20(31(3)4)17-22(23)24(30-25)19-9-12-21(13-10-19)36-38(34,35)26(27,28)29/h9-14,17,24,30H,5-8,15-16,18H2,1-4H3. The van der Waals surface area contributed by atoms with E-state index in [2.05, 4.69) is 9.50 Å². The predicted octanol–water partition coefficient (Wildman–Crippen LogP) is 5.57. The van der Waals surface area contributed by atoms with Gasteiger partial charge in [-0.15, -0.1) is 0 Å². The van der Waals surface area contributed by atoms with E-state index >= 15 is 0 Å². The SMILES string of the molecule is CCCCC1(CCCC)CS(=O)(=O)c2ccc(N(C)C)cc2C(c2ccc(OS(=O)(=O)C(F)(F)F)cc2)N1. The predicted molar refractivity (Wildman–Crippen MR) is 142 cm³/mol. The molecule has 0 bridgehead atoms. The van der Waals surface area contributed by atoms with Gasteiger partial charge < -0.3 is 9.08 Å². The van der Waals surface area contributed by atoms with Crippen LogP contribution in [0.15, 0.2) is 47.4 Å². The van der Waals surface area contributed by atoms with Crippen LogP contribution in [0.2, 0.25) is 0 Å². The highest BCUT2D eigenvalue weighted by molar-refractivity contribution is 7.91. The molecular formula is C26H35F3N2O5S2. The molecule has 1 aliphatic heterocycles. The first-order valence-electron chi connectivity index (χ1n) is 12.6. The molecule has 12 heteroatoms. The highest BCUT2D eigenvalue weighted by Gasteiger charge is 2.48. The van der Waals surface area contributed by atoms with E-state index in [-0.39, 0.29) is 10.6 Å². The van der Waals surface area contributed by atoms with Crippen LogP contribution in [-0.2, 0) is 20.0 Å². The molecule has 0 aromatic heterocycles. The minimum atomic E-state index is -5.81. The van der Waals surface area contributed by atoms with Gasteiger partial charge in [-0.2, -0.15) is 21.6 Å². The van der Waals surface area contributed by atoms with Crippen LogP contribution in [0.3, 0.4) is 0 Å². The third-order valence-electron chi connectivity index (χ3n) is 6.79. The molecule has 1 heterocycles. The molecule has 0 saturated carbocycles. The summed E-state index contributed by atoms with van der Waals surface area (Å²) in [6, 6.07) is 9.78. The summed E-state index contributed by atoms with van der Waals surface area (Å²) in [5.74, 6) is -0.562. The number of hydrogen-bond donors (Lipinski definition) is 1. The normalized spacial score (nSPS) is 18.9. The molecule has 3 rings (SSSR count). The molecule has 38 heavy (non-hydrogen) atoms. The molecule has 0 aliphatic carbocycles. The zero-order chi connectivity index (χ0) is 28.4. The van der Waals surface area contributed by atoms with Crippen molar-refractivity contribution in [1.29, 1.82) is 0 Å². The number of nitrogens with one attached hydrogen (secondary N) is 1. The topological polar surface area (TPSA) is 92.8 Å². The highest BCUT2D eigenvalue weighted by atomic mass is 32.2. The summed E-state index contributed by atoms with van der Waals surface area (Å²) in [7, 11) is -5.82. The molecule has 1 atom stereocenters. The van der Waals surface area contributed by atoms with Gasteiger partial charge in [0.2, 0.25) is 0 Å². The summed E-state index contributed by atoms with van der Waals surface area (Å²) < 4.78 is 93.0. The van der Waals surface area contributed by atoms with Crippen molar-refractivity contribution in [3.8, 4) is 5.75 Å². The van der Waals surface area contributed by atoms with Gasteiger partial charge in [0.1, 0.15) is 5.75 Å². The Morgan fingerprint density at radius 1 is 1.03 bits per heavy atom. The largest absolute Gasteiger partial charge is 0.534 e. The van der Waals surface area contributed by atoms with E-state index in [1.807, 2.05) is 32.8 Å². The number of sulfone groups is 1. The van der Waals surface area contributed by atoms with Gasteiger partial charge in [-0.05, 0) is 54.3 Å². The van der Waals surface area contributed by atoms with Gasteiger partial charge in [0.05, 0.1) is 16.7 Å². The first-order chi connectivity index (χ1) is 17.6. The van der Waals surface area contributed by atoms with Crippen LogP contribution >= 0.6 is 0 Å². The first-order valence-corrected chi connectivity index (χ1v) is 15.6. The van der Waals surface area contributed by atoms with E-state index in [4.69, 9.17) is 0 Å². The Labute approximate surface area is 223 Å². The van der Waals surface area contributed by atoms with Crippen molar-refractivity contribution in [3.05, 3.63) is 53.6 Å². The molecule has 1 N–H and O–H groups in total. The molecule has 0 spiro atoms. The maximum Gasteiger partial charge on any atom is 0.534 e. The van der Waals surface area contributed by atoms with E-state index in [0.717, 1.165) is 43.5 Å². The number of benzene rings is 2. The number of anilines is 1. The Bertz CT molecular complexity index is 1320. The molecule has 0 fully saturated rings. The maximum absolute atomic E-state index is 13.8. The van der Waals surface area contributed by atoms with E-state index in [1.54, 1.807) is 18.2 Å². The molecule has 0 saturated heterocycles. The molecule has 0 radical (unpaired) electrons. The van der Waals surface area contributed by atoms with Crippen LogP contribution in [0.4, 0.5) is 18.9 Å². The molecule has 0 amide bonds. The Kier molecular flexibility index (Phi) is 9.09. The van der Waals surface area contributed by atoms with Crippen LogP contribution in [0, 0.1) is 0 Å². The fourth-order valence-corrected chi connectivity index (χ4v) is 7.31. The van der Waals surface area contributed by atoms with Crippen molar-refractivity contribution < 1.29 is 34.2 Å². The van der Waals surface area contributed by atoms with Crippen LogP contribution in [0.5, 0.6) is 5.75 Å². The molecular weight excluding hydrogens is 541 g/mol. The minimum absolute atomic E-state index is 0.0736. The summed E-state index contributed by atoms with van der Waals surface area (Å²) >= 11 is 0. The Hall–Kier alpha value is -2.31. The van der Waals surface area contributed by atoms with E-state index < -0.39 is 42.8 Å². The lowest BCUT2D eigenvalue weighted by Crippen LogP contribution is -2.50. The summed E-state index contributed by atoms with van der Waals surface area (Å²) in [6.07, 6.45) is 4.69. The van der Waals surface area contributed by atoms with Gasteiger partial charge in [-0.25, -0.2) is 8.42 Å². The second-order valence-electron chi connectivity index (χ2n) is 9.99. The molecule has 7 nitrogen and oxygen atoms in total. The number of rotatable bonds is 10. The lowest BCUT2D eigenvalue weighted by Gasteiger charge is -2.37. The van der Waals surface area contributed by atoms with Crippen molar-refractivity contribution in [2.24, 2.45) is 0 Å². The van der Waals surface area contributed by atoms with Crippen LogP contribution in [-0.4, -0.2) is 47.7 Å². The third-order valence-corrected chi connectivity index (χ3v) is 9.75. The average Bonchev–Trinajstić information content (AvgIpc) is 2.93. The zero-order valence-corrected chi connectivity index (χ0v) is 23.6. The Morgan fingerprint density at radius 2 is 1.61 bits per heavy atom. The van der Waals surface area contributed by atoms with Crippen LogP contribution < -0.4 is 14.4 Å². The number of hydrogen-bond acceptors (Lipinski definition) is 7. The molecule has 2 aromatic rings. The summed E-state index contributed by atoms with van der Waals surface area (Å²) in [5.41, 5.74) is -4.38. The Balaban J connectivity index is 2.16. The zero-order valence-electron chi connectivity index (χ0n) is 22.0. The number of alkyl halides is 3. The quantitative estimate of drug-likeness (QED) is 0.292. The lowest BCUT2D eigenvalue weighted by molar-refractivity contribution is -0.0500. The molecule has 2 aromatic carbocycles. The number of fused-ring (bicyclic) bond motifs is 1. The minimum Gasteiger partial charge on any atom is -0.378 e. The van der Waals surface area contributed by atoms with E-state index in [1.165, 1.54) is 12.1 Å². The third kappa shape index (κ3) is 6.63. The maximum atomic E-state index is 13.8. The van der Waals surface area contributed by atoms with E-state index in [9.17, 15) is 30.0 Å². The van der Waals surface area contributed by atoms with Crippen molar-refractivity contribution in [2.45, 2.75) is 74.4 Å². The summed E-state index contributed by atoms with van der Waals surface area (Å²) in [6.45, 7) is 4.09. The van der Waals surface area contributed by atoms with Crippen LogP contribution in [0.25, 0.3) is 0 Å². The summed E-state index contributed by atoms with van der Waals surface area (Å²) in [4.78, 5) is 2.06. The second-order valence-corrected chi connectivity index (χ2v) is 13.5. The van der Waals surface area contributed by atoms with Gasteiger partial charge in [0.25, 0.3) is 0 Å². The van der Waals surface area contributed by atoms with Crippen molar-refractivity contribution in [3.63, 3.8) is 0 Å². The molecule has 1 unspecified atom stereocenters. The van der Waals surface area contributed by atoms with Crippen molar-refractivity contribution >= 4 is 25.6 Å². The first kappa shape index (κ1) is 30.2. The number of nitrogens with zero attached hydrogens (tertiary/aromatic N) is 1. The van der Waals surface area contributed by atoms with Gasteiger partial charge in [-0.3, -0.25) is 5.32 Å². The van der Waals surface area contributed by atoms with Gasteiger partial charge in [0, 0.05) is 25.3 Å². The van der Waals surface area contributed by atoms with Gasteiger partial charge in [-0.1, -0.05) is 51.7 Å². The highest BCUT2D eigenvalue weighted by Crippen LogP contribution is 2.40.